The van der Waals surface area contributed by atoms with Crippen molar-refractivity contribution >= 4 is 29.5 Å². The van der Waals surface area contributed by atoms with Gasteiger partial charge in [-0.25, -0.2) is 0 Å². The van der Waals surface area contributed by atoms with Crippen LogP contribution in [0.2, 0.25) is 0 Å². The Morgan fingerprint density at radius 1 is 1.12 bits per heavy atom. The topological polar surface area (TPSA) is 87.2 Å². The highest BCUT2D eigenvalue weighted by atomic mass is 32.2. The Morgan fingerprint density at radius 2 is 1.91 bits per heavy atom. The first kappa shape index (κ1) is 24.3. The number of carbonyl (C=O) groups excluding carboxylic acids is 3. The summed E-state index contributed by atoms with van der Waals surface area (Å²) in [5, 5.41) is 9.28. The van der Waals surface area contributed by atoms with E-state index in [-0.39, 0.29) is 30.4 Å². The van der Waals surface area contributed by atoms with Gasteiger partial charge < -0.3 is 19.6 Å². The maximum atomic E-state index is 14.0. The molecule has 0 bridgehead atoms. The van der Waals surface area contributed by atoms with Gasteiger partial charge >= 0.3 is 5.97 Å². The molecule has 2 fully saturated rings. The number of allylic oxidation sites excluding steroid dienone is 1. The van der Waals surface area contributed by atoms with Crippen LogP contribution in [0.5, 0.6) is 0 Å². The Bertz CT molecular complexity index is 858. The summed E-state index contributed by atoms with van der Waals surface area (Å²) in [6.45, 7) is 7.26. The third-order valence-corrected chi connectivity index (χ3v) is 9.26. The number of unbranched alkanes of at least 4 members (excludes halogenated alkanes) is 1. The average Bonchev–Trinajstić information content (AvgIpc) is 3.08. The molecule has 1 spiro atoms. The number of aliphatic hydroxyl groups is 1. The van der Waals surface area contributed by atoms with Crippen LogP contribution in [0.1, 0.15) is 52.9 Å². The van der Waals surface area contributed by atoms with Crippen LogP contribution < -0.4 is 0 Å². The van der Waals surface area contributed by atoms with Crippen molar-refractivity contribution in [2.45, 2.75) is 74.5 Å². The summed E-state index contributed by atoms with van der Waals surface area (Å²) in [6.07, 6.45) is 12.1. The van der Waals surface area contributed by atoms with Gasteiger partial charge in [-0.1, -0.05) is 24.3 Å². The molecule has 2 saturated heterocycles. The minimum absolute atomic E-state index is 0.00158. The van der Waals surface area contributed by atoms with Crippen molar-refractivity contribution in [3.63, 3.8) is 0 Å². The molecule has 4 aliphatic heterocycles. The standard InChI is InChI=1S/C25H36N2O5S/c1-17(2)26-14-10-12-25-18(21(29)27(13-7-8-15-28)20(25)22(26)30)19-23(31)32-16-9-5-4-6-11-24(19,3)33-25/h6,10-12,17-20,28H,4-5,7-9,13-16H2,1-3H3/b11-6-/t18-,19-,20?,24+,25-/m0/s1. The molecule has 2 amide bonds. The van der Waals surface area contributed by atoms with Gasteiger partial charge in [0.2, 0.25) is 11.8 Å². The zero-order valence-electron chi connectivity index (χ0n) is 19.9. The lowest BCUT2D eigenvalue weighted by Gasteiger charge is -2.37. The lowest BCUT2D eigenvalue weighted by Crippen LogP contribution is -2.54. The van der Waals surface area contributed by atoms with E-state index in [4.69, 9.17) is 4.74 Å². The summed E-state index contributed by atoms with van der Waals surface area (Å²) in [7, 11) is 0. The molecule has 8 heteroatoms. The van der Waals surface area contributed by atoms with E-state index in [0.29, 0.717) is 32.5 Å². The van der Waals surface area contributed by atoms with Crippen LogP contribution in [-0.2, 0) is 19.1 Å². The molecular formula is C25H36N2O5S. The number of nitrogens with zero attached hydrogens (tertiary/aromatic N) is 2. The normalized spacial score (nSPS) is 37.5. The number of hydrogen-bond acceptors (Lipinski definition) is 6. The molecule has 0 aromatic carbocycles. The van der Waals surface area contributed by atoms with Crippen LogP contribution in [0.4, 0.5) is 0 Å². The highest BCUT2D eigenvalue weighted by molar-refractivity contribution is 8.02. The zero-order valence-corrected chi connectivity index (χ0v) is 20.7. The smallest absolute Gasteiger partial charge is 0.311 e. The van der Waals surface area contributed by atoms with Crippen molar-refractivity contribution in [2.24, 2.45) is 11.8 Å². The van der Waals surface area contributed by atoms with Gasteiger partial charge in [0.1, 0.15) is 6.04 Å². The van der Waals surface area contributed by atoms with E-state index in [1.54, 1.807) is 16.7 Å². The van der Waals surface area contributed by atoms with Gasteiger partial charge in [0, 0.05) is 30.5 Å². The Kier molecular flexibility index (Phi) is 6.97. The molecule has 0 radical (unpaired) electrons. The molecule has 1 N–H and O–H groups in total. The number of ether oxygens (including phenoxy) is 1. The van der Waals surface area contributed by atoms with Crippen molar-refractivity contribution in [1.82, 2.24) is 9.80 Å². The van der Waals surface area contributed by atoms with E-state index in [0.717, 1.165) is 19.3 Å². The van der Waals surface area contributed by atoms with Crippen molar-refractivity contribution in [3.8, 4) is 0 Å². The van der Waals surface area contributed by atoms with Gasteiger partial charge in [0.05, 0.1) is 23.2 Å². The number of amides is 2. The molecule has 4 aliphatic rings. The lowest BCUT2D eigenvalue weighted by atomic mass is 9.74. The van der Waals surface area contributed by atoms with E-state index in [1.807, 2.05) is 37.8 Å². The Morgan fingerprint density at radius 3 is 2.64 bits per heavy atom. The SMILES string of the molecule is CC(C)N1CC=C[C@]23S[C@]4(C)/C=C\CCCCOC(=O)[C@@H]4[C@H]2C(=O)N(CCCCO)C3C1=O. The van der Waals surface area contributed by atoms with E-state index in [2.05, 4.69) is 12.2 Å². The van der Waals surface area contributed by atoms with E-state index >= 15 is 0 Å². The maximum absolute atomic E-state index is 14.0. The average molecular weight is 477 g/mol. The summed E-state index contributed by atoms with van der Waals surface area (Å²) in [6, 6.07) is -0.672. The van der Waals surface area contributed by atoms with Gasteiger partial charge in [-0.2, -0.15) is 0 Å². The zero-order chi connectivity index (χ0) is 23.8. The number of carbonyl (C=O) groups is 3. The number of cyclic esters (lactones) is 1. The fourth-order valence-corrected chi connectivity index (χ4v) is 8.07. The second-order valence-corrected chi connectivity index (χ2v) is 11.8. The van der Waals surface area contributed by atoms with Crippen molar-refractivity contribution < 1.29 is 24.2 Å². The number of aliphatic hydroxyl groups excluding tert-OH is 1. The highest BCUT2D eigenvalue weighted by Crippen LogP contribution is 2.65. The molecule has 5 atom stereocenters. The summed E-state index contributed by atoms with van der Waals surface area (Å²) >= 11 is 1.59. The fourth-order valence-electron chi connectivity index (χ4n) is 5.91. The van der Waals surface area contributed by atoms with Crippen LogP contribution >= 0.6 is 11.8 Å². The monoisotopic (exact) mass is 476 g/mol. The van der Waals surface area contributed by atoms with Gasteiger partial charge in [-0.05, 0) is 52.9 Å². The predicted molar refractivity (Wildman–Crippen MR) is 127 cm³/mol. The molecule has 182 valence electrons. The number of rotatable bonds is 5. The Labute approximate surface area is 200 Å². The second kappa shape index (κ2) is 9.45. The van der Waals surface area contributed by atoms with Gasteiger partial charge in [-0.15, -0.1) is 11.8 Å². The minimum atomic E-state index is -0.826. The number of thioether (sulfide) groups is 1. The van der Waals surface area contributed by atoms with Crippen LogP contribution in [0.3, 0.4) is 0 Å². The first-order valence-corrected chi connectivity index (χ1v) is 13.0. The van der Waals surface area contributed by atoms with Crippen LogP contribution in [0.25, 0.3) is 0 Å². The number of fused-ring (bicyclic) bond motifs is 2. The summed E-state index contributed by atoms with van der Waals surface area (Å²) in [5.74, 6) is -1.86. The van der Waals surface area contributed by atoms with Crippen LogP contribution in [0, 0.1) is 11.8 Å². The van der Waals surface area contributed by atoms with E-state index in [1.165, 1.54) is 0 Å². The third-order valence-electron chi connectivity index (χ3n) is 7.46. The molecule has 0 aliphatic carbocycles. The largest absolute Gasteiger partial charge is 0.465 e. The Balaban J connectivity index is 1.83. The van der Waals surface area contributed by atoms with Gasteiger partial charge in [0.25, 0.3) is 0 Å². The van der Waals surface area contributed by atoms with Crippen molar-refractivity contribution in [3.05, 3.63) is 24.3 Å². The Hall–Kier alpha value is -1.80. The van der Waals surface area contributed by atoms with Crippen molar-refractivity contribution in [2.75, 3.05) is 26.3 Å². The predicted octanol–water partition coefficient (Wildman–Crippen LogP) is 2.54. The summed E-state index contributed by atoms with van der Waals surface area (Å²) in [5.41, 5.74) is 0. The number of likely N-dealkylation sites (tertiary alicyclic amines) is 1. The third kappa shape index (κ3) is 4.03. The van der Waals surface area contributed by atoms with Gasteiger partial charge in [0.15, 0.2) is 0 Å². The van der Waals surface area contributed by atoms with E-state index in [9.17, 15) is 19.5 Å². The van der Waals surface area contributed by atoms with Crippen molar-refractivity contribution in [1.29, 1.82) is 0 Å². The second-order valence-electron chi connectivity index (χ2n) is 10.0. The molecule has 1 unspecified atom stereocenters. The fraction of sp³-hybridized carbons (Fsp3) is 0.720. The van der Waals surface area contributed by atoms with E-state index < -0.39 is 27.4 Å². The molecule has 7 nitrogen and oxygen atoms in total. The summed E-state index contributed by atoms with van der Waals surface area (Å²) < 4.78 is 4.21. The minimum Gasteiger partial charge on any atom is -0.465 e. The molecule has 0 saturated carbocycles. The van der Waals surface area contributed by atoms with Crippen LogP contribution in [0.15, 0.2) is 24.3 Å². The van der Waals surface area contributed by atoms with Crippen LogP contribution in [-0.4, -0.2) is 80.6 Å². The molecule has 0 aromatic heterocycles. The lowest BCUT2D eigenvalue weighted by molar-refractivity contribution is -0.154. The first-order chi connectivity index (χ1) is 15.8. The first-order valence-electron chi connectivity index (χ1n) is 12.2. The molecular weight excluding hydrogens is 440 g/mol. The molecule has 4 heterocycles. The maximum Gasteiger partial charge on any atom is 0.311 e. The van der Waals surface area contributed by atoms with Gasteiger partial charge in [-0.3, -0.25) is 14.4 Å². The summed E-state index contributed by atoms with van der Waals surface area (Å²) in [4.78, 5) is 44.8. The quantitative estimate of drug-likeness (QED) is 0.373. The molecule has 33 heavy (non-hydrogen) atoms. The number of esters is 1. The molecule has 4 rings (SSSR count). The molecule has 0 aromatic rings. The number of hydrogen-bond donors (Lipinski definition) is 1. The highest BCUT2D eigenvalue weighted by Gasteiger charge is 2.73.